The molecular weight excluding hydrogens is 220 g/mol. The predicted molar refractivity (Wildman–Crippen MR) is 76.5 cm³/mol. The lowest BCUT2D eigenvalue weighted by Gasteiger charge is -2.11. The van der Waals surface area contributed by atoms with Gasteiger partial charge in [0.25, 0.3) is 0 Å². The van der Waals surface area contributed by atoms with Gasteiger partial charge in [-0.1, -0.05) is 36.8 Å². The molecule has 1 atom stereocenters. The molecule has 2 aromatic rings. The van der Waals surface area contributed by atoms with Crippen LogP contribution >= 0.6 is 0 Å². The zero-order chi connectivity index (χ0) is 13.0. The fourth-order valence-corrected chi connectivity index (χ4v) is 2.13. The average molecular weight is 240 g/mol. The van der Waals surface area contributed by atoms with Gasteiger partial charge in [0.2, 0.25) is 0 Å². The van der Waals surface area contributed by atoms with Crippen LogP contribution < -0.4 is 5.73 Å². The van der Waals surface area contributed by atoms with Crippen LogP contribution in [0.1, 0.15) is 30.4 Å². The summed E-state index contributed by atoms with van der Waals surface area (Å²) in [6.45, 7) is 5.03. The number of hydrogen-bond acceptors (Lipinski definition) is 2. The Hall–Kier alpha value is -1.67. The number of aryl methyl sites for hydroxylation is 1. The van der Waals surface area contributed by atoms with Gasteiger partial charge >= 0.3 is 0 Å². The van der Waals surface area contributed by atoms with E-state index in [1.807, 2.05) is 12.4 Å². The van der Waals surface area contributed by atoms with Gasteiger partial charge in [-0.15, -0.1) is 0 Å². The smallest absolute Gasteiger partial charge is 0.0346 e. The first-order valence-electron chi connectivity index (χ1n) is 6.42. The van der Waals surface area contributed by atoms with E-state index in [4.69, 9.17) is 5.73 Å². The molecule has 1 aromatic carbocycles. The zero-order valence-electron chi connectivity index (χ0n) is 11.1. The SMILES string of the molecule is Cc1cccc(-c2cncc(C(C)CCN)c2)c1. The Bertz CT molecular complexity index is 520. The molecule has 2 heteroatoms. The highest BCUT2D eigenvalue weighted by atomic mass is 14.6. The van der Waals surface area contributed by atoms with E-state index in [-0.39, 0.29) is 0 Å². The lowest BCUT2D eigenvalue weighted by Crippen LogP contribution is -2.04. The van der Waals surface area contributed by atoms with E-state index in [0.29, 0.717) is 5.92 Å². The van der Waals surface area contributed by atoms with Crippen LogP contribution in [0.5, 0.6) is 0 Å². The summed E-state index contributed by atoms with van der Waals surface area (Å²) in [5.41, 5.74) is 10.6. The first kappa shape index (κ1) is 12.8. The van der Waals surface area contributed by atoms with Crippen LogP contribution in [-0.4, -0.2) is 11.5 Å². The average Bonchev–Trinajstić information content (AvgIpc) is 2.39. The van der Waals surface area contributed by atoms with Crippen LogP contribution in [0.2, 0.25) is 0 Å². The lowest BCUT2D eigenvalue weighted by atomic mass is 9.96. The molecule has 2 nitrogen and oxygen atoms in total. The van der Waals surface area contributed by atoms with Gasteiger partial charge in [0, 0.05) is 18.0 Å². The van der Waals surface area contributed by atoms with Gasteiger partial charge in [0.15, 0.2) is 0 Å². The quantitative estimate of drug-likeness (QED) is 0.888. The van der Waals surface area contributed by atoms with Gasteiger partial charge in [-0.05, 0) is 43.0 Å². The van der Waals surface area contributed by atoms with Crippen LogP contribution in [-0.2, 0) is 0 Å². The molecule has 18 heavy (non-hydrogen) atoms. The summed E-state index contributed by atoms with van der Waals surface area (Å²) in [5, 5.41) is 0. The first-order chi connectivity index (χ1) is 8.70. The maximum absolute atomic E-state index is 5.62. The van der Waals surface area contributed by atoms with E-state index >= 15 is 0 Å². The van der Waals surface area contributed by atoms with E-state index in [1.165, 1.54) is 22.3 Å². The second kappa shape index (κ2) is 5.78. The molecule has 0 bridgehead atoms. The number of benzene rings is 1. The van der Waals surface area contributed by atoms with E-state index in [9.17, 15) is 0 Å². The van der Waals surface area contributed by atoms with Crippen molar-refractivity contribution in [3.05, 3.63) is 53.9 Å². The standard InChI is InChI=1S/C16H20N2/c1-12-4-3-5-14(8-12)16-9-15(10-18-11-16)13(2)6-7-17/h3-5,8-11,13H,6-7,17H2,1-2H3. The maximum atomic E-state index is 5.62. The number of pyridine rings is 1. The van der Waals surface area contributed by atoms with E-state index in [0.717, 1.165) is 13.0 Å². The molecule has 94 valence electrons. The third-order valence-electron chi connectivity index (χ3n) is 3.28. The Morgan fingerprint density at radius 1 is 1.17 bits per heavy atom. The molecule has 0 spiro atoms. The van der Waals surface area contributed by atoms with Crippen molar-refractivity contribution in [1.29, 1.82) is 0 Å². The van der Waals surface area contributed by atoms with Crippen LogP contribution in [0.4, 0.5) is 0 Å². The highest BCUT2D eigenvalue weighted by Crippen LogP contribution is 2.24. The maximum Gasteiger partial charge on any atom is 0.0346 e. The normalized spacial score (nSPS) is 12.4. The van der Waals surface area contributed by atoms with Crippen molar-refractivity contribution in [1.82, 2.24) is 4.98 Å². The Kier molecular flexibility index (Phi) is 4.11. The number of nitrogens with zero attached hydrogens (tertiary/aromatic N) is 1. The van der Waals surface area contributed by atoms with Crippen molar-refractivity contribution in [2.24, 2.45) is 5.73 Å². The van der Waals surface area contributed by atoms with Crippen molar-refractivity contribution in [2.75, 3.05) is 6.54 Å². The second-order valence-electron chi connectivity index (χ2n) is 4.85. The zero-order valence-corrected chi connectivity index (χ0v) is 11.1. The van der Waals surface area contributed by atoms with Gasteiger partial charge in [0.1, 0.15) is 0 Å². The number of aromatic nitrogens is 1. The van der Waals surface area contributed by atoms with Crippen LogP contribution in [0.15, 0.2) is 42.7 Å². The summed E-state index contributed by atoms with van der Waals surface area (Å²) in [6.07, 6.45) is 4.87. The molecule has 0 aliphatic rings. The minimum Gasteiger partial charge on any atom is -0.330 e. The Balaban J connectivity index is 2.32. The van der Waals surface area contributed by atoms with Gasteiger partial charge < -0.3 is 5.73 Å². The molecule has 1 unspecified atom stereocenters. The molecular formula is C16H20N2. The van der Waals surface area contributed by atoms with Crippen LogP contribution in [0.3, 0.4) is 0 Å². The van der Waals surface area contributed by atoms with Crippen LogP contribution in [0.25, 0.3) is 11.1 Å². The lowest BCUT2D eigenvalue weighted by molar-refractivity contribution is 0.687. The molecule has 0 aliphatic carbocycles. The molecule has 0 fully saturated rings. The Morgan fingerprint density at radius 2 is 2.00 bits per heavy atom. The van der Waals surface area contributed by atoms with Crippen molar-refractivity contribution in [2.45, 2.75) is 26.2 Å². The third-order valence-corrected chi connectivity index (χ3v) is 3.28. The Morgan fingerprint density at radius 3 is 2.72 bits per heavy atom. The van der Waals surface area contributed by atoms with Gasteiger partial charge in [0.05, 0.1) is 0 Å². The van der Waals surface area contributed by atoms with Crippen LogP contribution in [0, 0.1) is 6.92 Å². The van der Waals surface area contributed by atoms with Gasteiger partial charge in [-0.25, -0.2) is 0 Å². The van der Waals surface area contributed by atoms with Crippen molar-refractivity contribution < 1.29 is 0 Å². The van der Waals surface area contributed by atoms with Crippen molar-refractivity contribution in [3.8, 4) is 11.1 Å². The minimum atomic E-state index is 0.465. The molecule has 0 saturated heterocycles. The molecule has 0 radical (unpaired) electrons. The number of nitrogens with two attached hydrogens (primary N) is 1. The summed E-state index contributed by atoms with van der Waals surface area (Å²) in [4.78, 5) is 4.35. The molecule has 2 N–H and O–H groups in total. The number of hydrogen-bond donors (Lipinski definition) is 1. The van der Waals surface area contributed by atoms with Gasteiger partial charge in [-0.2, -0.15) is 0 Å². The Labute approximate surface area is 109 Å². The second-order valence-corrected chi connectivity index (χ2v) is 4.85. The summed E-state index contributed by atoms with van der Waals surface area (Å²) in [6, 6.07) is 10.7. The predicted octanol–water partition coefficient (Wildman–Crippen LogP) is 3.51. The molecule has 0 aliphatic heterocycles. The van der Waals surface area contributed by atoms with Gasteiger partial charge in [-0.3, -0.25) is 4.98 Å². The first-order valence-corrected chi connectivity index (χ1v) is 6.42. The highest BCUT2D eigenvalue weighted by Gasteiger charge is 2.06. The summed E-state index contributed by atoms with van der Waals surface area (Å²) < 4.78 is 0. The van der Waals surface area contributed by atoms with Crippen molar-refractivity contribution >= 4 is 0 Å². The number of rotatable bonds is 4. The highest BCUT2D eigenvalue weighted by molar-refractivity contribution is 5.63. The molecule has 2 rings (SSSR count). The molecule has 0 amide bonds. The summed E-state index contributed by atoms with van der Waals surface area (Å²) in [7, 11) is 0. The fraction of sp³-hybridized carbons (Fsp3) is 0.312. The topological polar surface area (TPSA) is 38.9 Å². The van der Waals surface area contributed by atoms with E-state index in [1.54, 1.807) is 0 Å². The largest absolute Gasteiger partial charge is 0.330 e. The fourth-order valence-electron chi connectivity index (χ4n) is 2.13. The summed E-state index contributed by atoms with van der Waals surface area (Å²) in [5.74, 6) is 0.465. The summed E-state index contributed by atoms with van der Waals surface area (Å²) >= 11 is 0. The molecule has 1 heterocycles. The molecule has 0 saturated carbocycles. The van der Waals surface area contributed by atoms with E-state index < -0.39 is 0 Å². The molecule has 1 aromatic heterocycles. The monoisotopic (exact) mass is 240 g/mol. The van der Waals surface area contributed by atoms with Crippen molar-refractivity contribution in [3.63, 3.8) is 0 Å². The third kappa shape index (κ3) is 2.96. The van der Waals surface area contributed by atoms with E-state index in [2.05, 4.69) is 49.2 Å². The minimum absolute atomic E-state index is 0.465.